The van der Waals surface area contributed by atoms with Gasteiger partial charge in [-0.1, -0.05) is 18.2 Å². The first-order chi connectivity index (χ1) is 14.4. The van der Waals surface area contributed by atoms with Crippen LogP contribution in [0.1, 0.15) is 10.5 Å². The summed E-state index contributed by atoms with van der Waals surface area (Å²) >= 11 is 1.000. The van der Waals surface area contributed by atoms with E-state index in [1.807, 2.05) is 0 Å². The summed E-state index contributed by atoms with van der Waals surface area (Å²) in [6, 6.07) is 11.0. The van der Waals surface area contributed by atoms with E-state index in [4.69, 9.17) is 14.2 Å². The lowest BCUT2D eigenvalue weighted by molar-refractivity contribution is 0.102. The van der Waals surface area contributed by atoms with Gasteiger partial charge in [0.25, 0.3) is 15.9 Å². The van der Waals surface area contributed by atoms with Gasteiger partial charge in [-0.25, -0.2) is 13.4 Å². The molecule has 1 aromatic heterocycles. The minimum Gasteiger partial charge on any atom is -0.493 e. The fourth-order valence-electron chi connectivity index (χ4n) is 2.55. The third kappa shape index (κ3) is 4.63. The molecule has 2 N–H and O–H groups in total. The lowest BCUT2D eigenvalue weighted by Crippen LogP contribution is -2.15. The number of carbonyl (C=O) groups excluding carboxylic acids is 1. The van der Waals surface area contributed by atoms with Gasteiger partial charge in [0.2, 0.25) is 5.75 Å². The number of nitrogens with one attached hydrogen (secondary N) is 2. The Kier molecular flexibility index (Phi) is 6.43. The van der Waals surface area contributed by atoms with Crippen LogP contribution in [-0.2, 0) is 10.0 Å². The zero-order chi connectivity index (χ0) is 21.7. The van der Waals surface area contributed by atoms with Crippen LogP contribution in [0.5, 0.6) is 17.2 Å². The van der Waals surface area contributed by atoms with Crippen molar-refractivity contribution >= 4 is 38.1 Å². The average molecular weight is 450 g/mol. The molecular formula is C19H19N3O6S2. The van der Waals surface area contributed by atoms with E-state index in [0.717, 1.165) is 11.3 Å². The molecule has 0 radical (unpaired) electrons. The molecule has 0 spiro atoms. The normalized spacial score (nSPS) is 10.9. The fraction of sp³-hybridized carbons (Fsp3) is 0.158. The minimum absolute atomic E-state index is 0.0551. The molecular weight excluding hydrogens is 430 g/mol. The third-order valence-electron chi connectivity index (χ3n) is 3.93. The van der Waals surface area contributed by atoms with Crippen molar-refractivity contribution in [3.8, 4) is 17.2 Å². The van der Waals surface area contributed by atoms with Gasteiger partial charge in [-0.2, -0.15) is 0 Å². The Labute approximate surface area is 177 Å². The number of carbonyl (C=O) groups is 1. The number of amides is 1. The molecule has 0 aliphatic carbocycles. The Morgan fingerprint density at radius 1 is 1.00 bits per heavy atom. The highest BCUT2D eigenvalue weighted by atomic mass is 32.2. The van der Waals surface area contributed by atoms with E-state index in [1.54, 1.807) is 30.3 Å². The maximum Gasteiger partial charge on any atom is 0.275 e. The van der Waals surface area contributed by atoms with Gasteiger partial charge in [-0.05, 0) is 12.1 Å². The van der Waals surface area contributed by atoms with Crippen LogP contribution in [-0.4, -0.2) is 40.6 Å². The van der Waals surface area contributed by atoms with Gasteiger partial charge in [-0.15, -0.1) is 11.3 Å². The summed E-state index contributed by atoms with van der Waals surface area (Å²) in [5, 5.41) is 4.21. The summed E-state index contributed by atoms with van der Waals surface area (Å²) < 4.78 is 42.9. The van der Waals surface area contributed by atoms with Crippen molar-refractivity contribution in [1.29, 1.82) is 0 Å². The van der Waals surface area contributed by atoms with E-state index in [1.165, 1.54) is 38.8 Å². The standard InChI is InChI=1S/C19H19N3O6S2/c1-26-15-9-12(10-16(27-2)17(15)28-3)20-18(23)14-11-29-19(21-14)22-30(24,25)13-7-5-4-6-8-13/h4-11H,1-3H3,(H,20,23)(H,21,22). The second kappa shape index (κ2) is 9.01. The number of aromatic nitrogens is 1. The molecule has 2 aromatic carbocycles. The molecule has 0 atom stereocenters. The van der Waals surface area contributed by atoms with Crippen molar-refractivity contribution < 1.29 is 27.4 Å². The van der Waals surface area contributed by atoms with Gasteiger partial charge < -0.3 is 19.5 Å². The topological polar surface area (TPSA) is 116 Å². The van der Waals surface area contributed by atoms with Gasteiger partial charge in [-0.3, -0.25) is 9.52 Å². The van der Waals surface area contributed by atoms with Crippen molar-refractivity contribution in [2.45, 2.75) is 4.90 Å². The van der Waals surface area contributed by atoms with Crippen LogP contribution < -0.4 is 24.2 Å². The minimum atomic E-state index is -3.79. The van der Waals surface area contributed by atoms with Crippen molar-refractivity contribution in [2.24, 2.45) is 0 Å². The number of methoxy groups -OCH3 is 3. The number of rotatable bonds is 8. The number of benzene rings is 2. The second-order valence-corrected chi connectivity index (χ2v) is 8.37. The van der Waals surface area contributed by atoms with Crippen LogP contribution in [0.4, 0.5) is 10.8 Å². The number of sulfonamides is 1. The zero-order valence-electron chi connectivity index (χ0n) is 16.3. The number of thiazole rings is 1. The second-order valence-electron chi connectivity index (χ2n) is 5.82. The number of anilines is 2. The molecule has 0 saturated heterocycles. The Balaban J connectivity index is 1.77. The highest BCUT2D eigenvalue weighted by molar-refractivity contribution is 7.93. The molecule has 0 aliphatic heterocycles. The molecule has 30 heavy (non-hydrogen) atoms. The molecule has 9 nitrogen and oxygen atoms in total. The highest BCUT2D eigenvalue weighted by Crippen LogP contribution is 2.40. The van der Waals surface area contributed by atoms with Crippen molar-refractivity contribution in [3.05, 3.63) is 53.5 Å². The SMILES string of the molecule is COc1cc(NC(=O)c2csc(NS(=O)(=O)c3ccccc3)n2)cc(OC)c1OC. The van der Waals surface area contributed by atoms with Gasteiger partial charge in [0.05, 0.1) is 26.2 Å². The van der Waals surface area contributed by atoms with E-state index in [0.29, 0.717) is 22.9 Å². The van der Waals surface area contributed by atoms with Gasteiger partial charge in [0.1, 0.15) is 5.69 Å². The molecule has 0 bridgehead atoms. The molecule has 158 valence electrons. The van der Waals surface area contributed by atoms with Crippen LogP contribution in [0, 0.1) is 0 Å². The molecule has 11 heteroatoms. The quantitative estimate of drug-likeness (QED) is 0.542. The van der Waals surface area contributed by atoms with E-state index in [9.17, 15) is 13.2 Å². The summed E-state index contributed by atoms with van der Waals surface area (Å²) in [5.41, 5.74) is 0.452. The van der Waals surface area contributed by atoms with Crippen LogP contribution >= 0.6 is 11.3 Å². The predicted octanol–water partition coefficient (Wildman–Crippen LogP) is 3.22. The zero-order valence-corrected chi connectivity index (χ0v) is 18.0. The molecule has 0 unspecified atom stereocenters. The van der Waals surface area contributed by atoms with Crippen LogP contribution in [0.2, 0.25) is 0 Å². The molecule has 1 amide bonds. The summed E-state index contributed by atoms with van der Waals surface area (Å²) in [7, 11) is 0.620. The van der Waals surface area contributed by atoms with Crippen LogP contribution in [0.3, 0.4) is 0 Å². The maximum atomic E-state index is 12.6. The van der Waals surface area contributed by atoms with Crippen molar-refractivity contribution in [2.75, 3.05) is 31.4 Å². The fourth-order valence-corrected chi connectivity index (χ4v) is 4.51. The summed E-state index contributed by atoms with van der Waals surface area (Å²) in [6.07, 6.45) is 0. The Bertz CT molecular complexity index is 1120. The predicted molar refractivity (Wildman–Crippen MR) is 113 cm³/mol. The Hall–Kier alpha value is -3.31. The van der Waals surface area contributed by atoms with E-state index < -0.39 is 15.9 Å². The van der Waals surface area contributed by atoms with Gasteiger partial charge in [0.15, 0.2) is 16.6 Å². The van der Waals surface area contributed by atoms with Gasteiger partial charge >= 0.3 is 0 Å². The monoisotopic (exact) mass is 449 g/mol. The lowest BCUT2D eigenvalue weighted by Gasteiger charge is -2.14. The van der Waals surface area contributed by atoms with E-state index in [-0.39, 0.29) is 15.7 Å². The molecule has 0 aliphatic rings. The Morgan fingerprint density at radius 2 is 1.63 bits per heavy atom. The van der Waals surface area contributed by atoms with Crippen molar-refractivity contribution in [3.63, 3.8) is 0 Å². The smallest absolute Gasteiger partial charge is 0.275 e. The summed E-state index contributed by atoms with van der Waals surface area (Å²) in [5.74, 6) is 0.624. The first-order valence-corrected chi connectivity index (χ1v) is 10.9. The molecule has 0 saturated carbocycles. The van der Waals surface area contributed by atoms with Crippen LogP contribution in [0.25, 0.3) is 0 Å². The average Bonchev–Trinajstić information content (AvgIpc) is 3.21. The maximum absolute atomic E-state index is 12.6. The number of hydrogen-bond acceptors (Lipinski definition) is 8. The van der Waals surface area contributed by atoms with Crippen molar-refractivity contribution in [1.82, 2.24) is 4.98 Å². The number of hydrogen-bond donors (Lipinski definition) is 2. The highest BCUT2D eigenvalue weighted by Gasteiger charge is 2.19. The number of nitrogens with zero attached hydrogens (tertiary/aromatic N) is 1. The largest absolute Gasteiger partial charge is 0.493 e. The third-order valence-corrected chi connectivity index (χ3v) is 6.18. The van der Waals surface area contributed by atoms with Gasteiger partial charge in [0, 0.05) is 23.2 Å². The summed E-state index contributed by atoms with van der Waals surface area (Å²) in [4.78, 5) is 16.7. The van der Waals surface area contributed by atoms with Crippen LogP contribution in [0.15, 0.2) is 52.7 Å². The van der Waals surface area contributed by atoms with E-state index in [2.05, 4.69) is 15.0 Å². The first-order valence-electron chi connectivity index (χ1n) is 8.52. The molecule has 0 fully saturated rings. The molecule has 1 heterocycles. The Morgan fingerprint density at radius 3 is 2.20 bits per heavy atom. The summed E-state index contributed by atoms with van der Waals surface area (Å²) in [6.45, 7) is 0. The lowest BCUT2D eigenvalue weighted by atomic mass is 10.2. The first kappa shape index (κ1) is 21.4. The molecule has 3 rings (SSSR count). The molecule has 3 aromatic rings. The number of ether oxygens (including phenoxy) is 3. The van der Waals surface area contributed by atoms with E-state index >= 15 is 0 Å².